The van der Waals surface area contributed by atoms with E-state index in [1.165, 1.54) is 0 Å². The zero-order valence-electron chi connectivity index (χ0n) is 13.2. The van der Waals surface area contributed by atoms with Crippen LogP contribution in [-0.2, 0) is 0 Å². The summed E-state index contributed by atoms with van der Waals surface area (Å²) >= 11 is 0. The highest BCUT2D eigenvalue weighted by atomic mass is 16.5. The SMILES string of the molecule is COc1ccc(-c2cccc(Oc3ccccc3)c2)c(OC)c1. The molecular weight excluding hydrogens is 288 g/mol. The van der Waals surface area contributed by atoms with Gasteiger partial charge in [-0.2, -0.15) is 0 Å². The van der Waals surface area contributed by atoms with E-state index in [0.29, 0.717) is 0 Å². The summed E-state index contributed by atoms with van der Waals surface area (Å²) in [5.41, 5.74) is 2.02. The summed E-state index contributed by atoms with van der Waals surface area (Å²) in [5.74, 6) is 3.13. The number of benzene rings is 3. The van der Waals surface area contributed by atoms with Gasteiger partial charge in [0.25, 0.3) is 0 Å². The van der Waals surface area contributed by atoms with Crippen LogP contribution in [0.2, 0.25) is 0 Å². The maximum atomic E-state index is 5.89. The molecule has 0 N–H and O–H groups in total. The van der Waals surface area contributed by atoms with Crippen LogP contribution in [0.5, 0.6) is 23.0 Å². The van der Waals surface area contributed by atoms with Crippen molar-refractivity contribution in [1.29, 1.82) is 0 Å². The van der Waals surface area contributed by atoms with Crippen LogP contribution in [0, 0.1) is 0 Å². The van der Waals surface area contributed by atoms with Crippen molar-refractivity contribution in [2.45, 2.75) is 0 Å². The van der Waals surface area contributed by atoms with Gasteiger partial charge in [-0.25, -0.2) is 0 Å². The van der Waals surface area contributed by atoms with Gasteiger partial charge in [0.15, 0.2) is 0 Å². The first-order valence-electron chi connectivity index (χ1n) is 7.35. The number of hydrogen-bond donors (Lipinski definition) is 0. The minimum Gasteiger partial charge on any atom is -0.497 e. The monoisotopic (exact) mass is 306 g/mol. The van der Waals surface area contributed by atoms with Crippen LogP contribution in [0.1, 0.15) is 0 Å². The van der Waals surface area contributed by atoms with Gasteiger partial charge in [0.2, 0.25) is 0 Å². The van der Waals surface area contributed by atoms with Crippen molar-refractivity contribution in [3.63, 3.8) is 0 Å². The molecule has 0 saturated carbocycles. The molecule has 3 rings (SSSR count). The standard InChI is InChI=1S/C20H18O3/c1-21-17-11-12-19(20(14-17)22-2)15-7-6-10-18(13-15)23-16-8-4-3-5-9-16/h3-14H,1-2H3. The Morgan fingerprint density at radius 2 is 1.39 bits per heavy atom. The highest BCUT2D eigenvalue weighted by Crippen LogP contribution is 2.35. The summed E-state index contributed by atoms with van der Waals surface area (Å²) in [6.07, 6.45) is 0. The number of para-hydroxylation sites is 1. The molecule has 0 atom stereocenters. The molecule has 0 heterocycles. The smallest absolute Gasteiger partial charge is 0.130 e. The molecule has 0 fully saturated rings. The third-order valence-corrected chi connectivity index (χ3v) is 3.53. The Balaban J connectivity index is 1.93. The molecule has 3 heteroatoms. The van der Waals surface area contributed by atoms with E-state index in [9.17, 15) is 0 Å². The number of rotatable bonds is 5. The first-order valence-corrected chi connectivity index (χ1v) is 7.35. The van der Waals surface area contributed by atoms with E-state index in [-0.39, 0.29) is 0 Å². The predicted octanol–water partition coefficient (Wildman–Crippen LogP) is 5.16. The fourth-order valence-corrected chi connectivity index (χ4v) is 2.39. The fraction of sp³-hybridized carbons (Fsp3) is 0.100. The zero-order chi connectivity index (χ0) is 16.1. The molecule has 0 unspecified atom stereocenters. The van der Waals surface area contributed by atoms with E-state index >= 15 is 0 Å². The second-order valence-electron chi connectivity index (χ2n) is 5.01. The Morgan fingerprint density at radius 3 is 2.13 bits per heavy atom. The molecular formula is C20H18O3. The topological polar surface area (TPSA) is 27.7 Å². The lowest BCUT2D eigenvalue weighted by atomic mass is 10.0. The Morgan fingerprint density at radius 1 is 0.609 bits per heavy atom. The molecule has 0 aliphatic heterocycles. The molecule has 0 amide bonds. The number of ether oxygens (including phenoxy) is 3. The molecule has 0 bridgehead atoms. The summed E-state index contributed by atoms with van der Waals surface area (Å²) in [6.45, 7) is 0. The van der Waals surface area contributed by atoms with Crippen LogP contribution in [0.3, 0.4) is 0 Å². The number of methoxy groups -OCH3 is 2. The Kier molecular flexibility index (Phi) is 4.48. The summed E-state index contributed by atoms with van der Waals surface area (Å²) < 4.78 is 16.6. The minimum absolute atomic E-state index is 0.765. The van der Waals surface area contributed by atoms with Crippen molar-refractivity contribution in [2.24, 2.45) is 0 Å². The molecule has 116 valence electrons. The van der Waals surface area contributed by atoms with Crippen molar-refractivity contribution in [3.8, 4) is 34.1 Å². The van der Waals surface area contributed by atoms with E-state index in [2.05, 4.69) is 0 Å². The van der Waals surface area contributed by atoms with Gasteiger partial charge in [-0.3, -0.25) is 0 Å². The maximum absolute atomic E-state index is 5.89. The summed E-state index contributed by atoms with van der Waals surface area (Å²) in [4.78, 5) is 0. The third-order valence-electron chi connectivity index (χ3n) is 3.53. The Labute approximate surface area is 136 Å². The van der Waals surface area contributed by atoms with Gasteiger partial charge in [-0.05, 0) is 42.0 Å². The first kappa shape index (κ1) is 15.0. The van der Waals surface area contributed by atoms with Gasteiger partial charge in [0.1, 0.15) is 23.0 Å². The molecule has 0 saturated heterocycles. The molecule has 3 aromatic rings. The normalized spacial score (nSPS) is 10.2. The van der Waals surface area contributed by atoms with Gasteiger partial charge >= 0.3 is 0 Å². The Bertz CT molecular complexity index is 782. The van der Waals surface area contributed by atoms with Gasteiger partial charge in [-0.1, -0.05) is 30.3 Å². The molecule has 23 heavy (non-hydrogen) atoms. The van der Waals surface area contributed by atoms with E-state index in [1.807, 2.05) is 72.8 Å². The van der Waals surface area contributed by atoms with Gasteiger partial charge < -0.3 is 14.2 Å². The average Bonchev–Trinajstić information content (AvgIpc) is 2.62. The summed E-state index contributed by atoms with van der Waals surface area (Å²) in [5, 5.41) is 0. The average molecular weight is 306 g/mol. The molecule has 0 radical (unpaired) electrons. The lowest BCUT2D eigenvalue weighted by molar-refractivity contribution is 0.395. The minimum atomic E-state index is 0.765. The molecule has 0 spiro atoms. The van der Waals surface area contributed by atoms with Gasteiger partial charge in [0, 0.05) is 11.6 Å². The van der Waals surface area contributed by atoms with Gasteiger partial charge in [-0.15, -0.1) is 0 Å². The second-order valence-corrected chi connectivity index (χ2v) is 5.01. The highest BCUT2D eigenvalue weighted by Gasteiger charge is 2.08. The zero-order valence-corrected chi connectivity index (χ0v) is 13.2. The van der Waals surface area contributed by atoms with Crippen molar-refractivity contribution >= 4 is 0 Å². The largest absolute Gasteiger partial charge is 0.497 e. The van der Waals surface area contributed by atoms with Crippen molar-refractivity contribution in [2.75, 3.05) is 14.2 Å². The van der Waals surface area contributed by atoms with Crippen LogP contribution in [-0.4, -0.2) is 14.2 Å². The maximum Gasteiger partial charge on any atom is 0.130 e. The lowest BCUT2D eigenvalue weighted by Crippen LogP contribution is -1.91. The van der Waals surface area contributed by atoms with Crippen molar-refractivity contribution in [1.82, 2.24) is 0 Å². The van der Waals surface area contributed by atoms with Gasteiger partial charge in [0.05, 0.1) is 14.2 Å². The van der Waals surface area contributed by atoms with E-state index in [4.69, 9.17) is 14.2 Å². The second kappa shape index (κ2) is 6.88. The molecule has 0 aliphatic rings. The molecule has 0 aliphatic carbocycles. The van der Waals surface area contributed by atoms with E-state index in [0.717, 1.165) is 34.1 Å². The van der Waals surface area contributed by atoms with Crippen LogP contribution in [0.4, 0.5) is 0 Å². The summed E-state index contributed by atoms with van der Waals surface area (Å²) in [6, 6.07) is 23.4. The molecule has 3 aromatic carbocycles. The molecule has 3 nitrogen and oxygen atoms in total. The van der Waals surface area contributed by atoms with Crippen LogP contribution in [0.15, 0.2) is 72.8 Å². The highest BCUT2D eigenvalue weighted by molar-refractivity contribution is 5.72. The quantitative estimate of drug-likeness (QED) is 0.651. The van der Waals surface area contributed by atoms with Crippen LogP contribution in [0.25, 0.3) is 11.1 Å². The predicted molar refractivity (Wildman–Crippen MR) is 91.5 cm³/mol. The van der Waals surface area contributed by atoms with Crippen LogP contribution < -0.4 is 14.2 Å². The van der Waals surface area contributed by atoms with Crippen LogP contribution >= 0.6 is 0 Å². The van der Waals surface area contributed by atoms with Crippen molar-refractivity contribution in [3.05, 3.63) is 72.8 Å². The van der Waals surface area contributed by atoms with E-state index < -0.39 is 0 Å². The Hall–Kier alpha value is -2.94. The molecule has 0 aromatic heterocycles. The first-order chi connectivity index (χ1) is 11.3. The fourth-order valence-electron chi connectivity index (χ4n) is 2.39. The lowest BCUT2D eigenvalue weighted by Gasteiger charge is -2.12. The van der Waals surface area contributed by atoms with E-state index in [1.54, 1.807) is 14.2 Å². The van der Waals surface area contributed by atoms with Crippen molar-refractivity contribution < 1.29 is 14.2 Å². The third kappa shape index (κ3) is 3.46. The number of hydrogen-bond acceptors (Lipinski definition) is 3. The summed E-state index contributed by atoms with van der Waals surface area (Å²) in [7, 11) is 3.30.